The van der Waals surface area contributed by atoms with Crippen LogP contribution < -0.4 is 14.8 Å². The van der Waals surface area contributed by atoms with E-state index in [9.17, 15) is 4.79 Å². The van der Waals surface area contributed by atoms with Crippen LogP contribution in [0.25, 0.3) is 0 Å². The minimum Gasteiger partial charge on any atom is -0.495 e. The van der Waals surface area contributed by atoms with E-state index in [4.69, 9.17) is 21.1 Å². The third-order valence-corrected chi connectivity index (χ3v) is 4.68. The SMILES string of the molecule is CCOc1ccccc1CSCCC(=O)Nc1cc(Cl)ccc1OC. The van der Waals surface area contributed by atoms with Crippen molar-refractivity contribution in [3.8, 4) is 11.5 Å². The molecular formula is C19H22ClNO3S. The van der Waals surface area contributed by atoms with Crippen LogP contribution in [0, 0.1) is 0 Å². The highest BCUT2D eigenvalue weighted by molar-refractivity contribution is 7.98. The molecule has 2 aromatic rings. The zero-order valence-electron chi connectivity index (χ0n) is 14.4. The largest absolute Gasteiger partial charge is 0.495 e. The number of hydrogen-bond donors (Lipinski definition) is 1. The van der Waals surface area contributed by atoms with Gasteiger partial charge in [-0.2, -0.15) is 11.8 Å². The van der Waals surface area contributed by atoms with Crippen molar-refractivity contribution in [1.82, 2.24) is 0 Å². The standard InChI is InChI=1S/C19H22ClNO3S/c1-3-24-17-7-5-4-6-14(17)13-25-11-10-19(22)21-16-12-15(20)8-9-18(16)23-2/h4-9,12H,3,10-11,13H2,1-2H3,(H,21,22). The van der Waals surface area contributed by atoms with Gasteiger partial charge in [0.2, 0.25) is 5.91 Å². The Kier molecular flexibility index (Phi) is 7.95. The average molecular weight is 380 g/mol. The zero-order valence-corrected chi connectivity index (χ0v) is 16.0. The highest BCUT2D eigenvalue weighted by atomic mass is 35.5. The fourth-order valence-electron chi connectivity index (χ4n) is 2.26. The predicted octanol–water partition coefficient (Wildman–Crippen LogP) is 5.01. The number of benzene rings is 2. The maximum absolute atomic E-state index is 12.1. The van der Waals surface area contributed by atoms with Crippen molar-refractivity contribution in [2.75, 3.05) is 24.8 Å². The Morgan fingerprint density at radius 1 is 1.20 bits per heavy atom. The van der Waals surface area contributed by atoms with Gasteiger partial charge in [-0.1, -0.05) is 29.8 Å². The minimum absolute atomic E-state index is 0.0637. The van der Waals surface area contributed by atoms with Gasteiger partial charge in [0.1, 0.15) is 11.5 Å². The van der Waals surface area contributed by atoms with Gasteiger partial charge in [-0.3, -0.25) is 4.79 Å². The third kappa shape index (κ3) is 6.18. The summed E-state index contributed by atoms with van der Waals surface area (Å²) in [6, 6.07) is 13.1. The van der Waals surface area contributed by atoms with Crippen LogP contribution >= 0.6 is 23.4 Å². The Hall–Kier alpha value is -1.85. The summed E-state index contributed by atoms with van der Waals surface area (Å²) in [7, 11) is 1.56. The number of anilines is 1. The molecule has 6 heteroatoms. The first kappa shape index (κ1) is 19.5. The predicted molar refractivity (Wildman–Crippen MR) is 105 cm³/mol. The maximum atomic E-state index is 12.1. The summed E-state index contributed by atoms with van der Waals surface area (Å²) in [4.78, 5) is 12.1. The number of hydrogen-bond acceptors (Lipinski definition) is 4. The summed E-state index contributed by atoms with van der Waals surface area (Å²) in [5.74, 6) is 2.96. The number of nitrogens with one attached hydrogen (secondary N) is 1. The lowest BCUT2D eigenvalue weighted by atomic mass is 10.2. The monoisotopic (exact) mass is 379 g/mol. The molecule has 0 saturated heterocycles. The lowest BCUT2D eigenvalue weighted by molar-refractivity contribution is -0.115. The van der Waals surface area contributed by atoms with E-state index >= 15 is 0 Å². The zero-order chi connectivity index (χ0) is 18.1. The second-order valence-electron chi connectivity index (χ2n) is 5.24. The van der Waals surface area contributed by atoms with Crippen molar-refractivity contribution in [2.45, 2.75) is 19.1 Å². The van der Waals surface area contributed by atoms with Crippen molar-refractivity contribution in [3.63, 3.8) is 0 Å². The first-order valence-corrected chi connectivity index (χ1v) is 9.59. The molecule has 1 amide bonds. The number of carbonyl (C=O) groups is 1. The highest BCUT2D eigenvalue weighted by Gasteiger charge is 2.09. The summed E-state index contributed by atoms with van der Waals surface area (Å²) in [5, 5.41) is 3.40. The van der Waals surface area contributed by atoms with Gasteiger partial charge in [-0.15, -0.1) is 0 Å². The topological polar surface area (TPSA) is 47.6 Å². The molecule has 25 heavy (non-hydrogen) atoms. The first-order chi connectivity index (χ1) is 12.1. The molecule has 0 atom stereocenters. The molecule has 0 saturated carbocycles. The molecule has 0 aliphatic heterocycles. The van der Waals surface area contributed by atoms with Crippen LogP contribution in [-0.2, 0) is 10.5 Å². The minimum atomic E-state index is -0.0637. The van der Waals surface area contributed by atoms with Crippen molar-refractivity contribution < 1.29 is 14.3 Å². The van der Waals surface area contributed by atoms with E-state index in [1.165, 1.54) is 0 Å². The average Bonchev–Trinajstić information content (AvgIpc) is 2.60. The van der Waals surface area contributed by atoms with Crippen LogP contribution in [0.5, 0.6) is 11.5 Å². The lowest BCUT2D eigenvalue weighted by Gasteiger charge is -2.11. The van der Waals surface area contributed by atoms with Crippen LogP contribution in [0.1, 0.15) is 18.9 Å². The van der Waals surface area contributed by atoms with Crippen molar-refractivity contribution in [2.24, 2.45) is 0 Å². The molecule has 2 rings (SSSR count). The summed E-state index contributed by atoms with van der Waals surface area (Å²) in [6.07, 6.45) is 0.414. The molecule has 4 nitrogen and oxygen atoms in total. The third-order valence-electron chi connectivity index (χ3n) is 3.44. The quantitative estimate of drug-likeness (QED) is 0.622. The van der Waals surface area contributed by atoms with E-state index < -0.39 is 0 Å². The van der Waals surface area contributed by atoms with E-state index in [-0.39, 0.29) is 5.91 Å². The number of ether oxygens (including phenoxy) is 2. The van der Waals surface area contributed by atoms with Gasteiger partial charge in [0.15, 0.2) is 0 Å². The molecule has 134 valence electrons. The van der Waals surface area contributed by atoms with E-state index in [1.54, 1.807) is 37.1 Å². The number of methoxy groups -OCH3 is 1. The Morgan fingerprint density at radius 3 is 2.76 bits per heavy atom. The van der Waals surface area contributed by atoms with Crippen LogP contribution in [0.15, 0.2) is 42.5 Å². The van der Waals surface area contributed by atoms with Gasteiger partial charge in [0.25, 0.3) is 0 Å². The second kappa shape index (κ2) is 10.2. The number of rotatable bonds is 9. The van der Waals surface area contributed by atoms with Crippen LogP contribution in [0.2, 0.25) is 5.02 Å². The highest BCUT2D eigenvalue weighted by Crippen LogP contribution is 2.28. The summed E-state index contributed by atoms with van der Waals surface area (Å²) < 4.78 is 10.8. The van der Waals surface area contributed by atoms with E-state index in [1.807, 2.05) is 25.1 Å². The Bertz CT molecular complexity index is 709. The summed E-state index contributed by atoms with van der Waals surface area (Å²) >= 11 is 7.67. The molecule has 0 heterocycles. The normalized spacial score (nSPS) is 10.4. The van der Waals surface area contributed by atoms with Crippen molar-refractivity contribution >= 4 is 35.0 Å². The smallest absolute Gasteiger partial charge is 0.225 e. The molecule has 2 aromatic carbocycles. The second-order valence-corrected chi connectivity index (χ2v) is 6.78. The van der Waals surface area contributed by atoms with E-state index in [2.05, 4.69) is 11.4 Å². The van der Waals surface area contributed by atoms with E-state index in [0.29, 0.717) is 29.5 Å². The van der Waals surface area contributed by atoms with Crippen LogP contribution in [-0.4, -0.2) is 25.4 Å². The Morgan fingerprint density at radius 2 is 2.00 bits per heavy atom. The summed E-state index contributed by atoms with van der Waals surface area (Å²) in [6.45, 7) is 2.62. The van der Waals surface area contributed by atoms with Gasteiger partial charge < -0.3 is 14.8 Å². The fraction of sp³-hybridized carbons (Fsp3) is 0.316. The van der Waals surface area contributed by atoms with Gasteiger partial charge in [0, 0.05) is 28.5 Å². The van der Waals surface area contributed by atoms with Gasteiger partial charge in [-0.05, 0) is 31.2 Å². The Balaban J connectivity index is 1.81. The lowest BCUT2D eigenvalue weighted by Crippen LogP contribution is -2.13. The maximum Gasteiger partial charge on any atom is 0.225 e. The molecule has 1 N–H and O–H groups in total. The van der Waals surface area contributed by atoms with Crippen molar-refractivity contribution in [3.05, 3.63) is 53.1 Å². The molecule has 0 bridgehead atoms. The molecule has 0 fully saturated rings. The molecular weight excluding hydrogens is 358 g/mol. The number of para-hydroxylation sites is 1. The number of halogens is 1. The first-order valence-electron chi connectivity index (χ1n) is 8.06. The van der Waals surface area contributed by atoms with Gasteiger partial charge >= 0.3 is 0 Å². The van der Waals surface area contributed by atoms with E-state index in [0.717, 1.165) is 22.8 Å². The number of thioether (sulfide) groups is 1. The Labute approximate surface area is 157 Å². The van der Waals surface area contributed by atoms with Crippen molar-refractivity contribution in [1.29, 1.82) is 0 Å². The number of carbonyl (C=O) groups excluding carboxylic acids is 1. The van der Waals surface area contributed by atoms with Crippen LogP contribution in [0.4, 0.5) is 5.69 Å². The number of amides is 1. The molecule has 0 aliphatic rings. The van der Waals surface area contributed by atoms with Crippen LogP contribution in [0.3, 0.4) is 0 Å². The van der Waals surface area contributed by atoms with Gasteiger partial charge in [-0.25, -0.2) is 0 Å². The van der Waals surface area contributed by atoms with Gasteiger partial charge in [0.05, 0.1) is 19.4 Å². The molecule has 0 radical (unpaired) electrons. The molecule has 0 aromatic heterocycles. The molecule has 0 unspecified atom stereocenters. The molecule has 0 spiro atoms. The fourth-order valence-corrected chi connectivity index (χ4v) is 3.36. The summed E-state index contributed by atoms with van der Waals surface area (Å²) in [5.41, 5.74) is 1.73. The molecule has 0 aliphatic carbocycles.